The largest absolute Gasteiger partial charge is 0.349 e. The van der Waals surface area contributed by atoms with E-state index in [2.05, 4.69) is 16.4 Å². The van der Waals surface area contributed by atoms with Crippen molar-refractivity contribution in [2.24, 2.45) is 0 Å². The molecular weight excluding hydrogens is 523 g/mol. The third-order valence-corrected chi connectivity index (χ3v) is 9.94. The number of pyridine rings is 1. The normalized spacial score (nSPS) is 20.7. The second kappa shape index (κ2) is 10.3. The van der Waals surface area contributed by atoms with Crippen LogP contribution in [-0.4, -0.2) is 37.6 Å². The molecule has 4 heterocycles. The van der Waals surface area contributed by atoms with Crippen LogP contribution in [0.2, 0.25) is 0 Å². The molecule has 10 heteroatoms. The van der Waals surface area contributed by atoms with E-state index >= 15 is 0 Å². The van der Waals surface area contributed by atoms with Crippen LogP contribution in [-0.2, 0) is 0 Å². The molecule has 1 aliphatic carbocycles. The molecule has 1 amide bonds. The number of nitrogens with zero attached hydrogens (tertiary/aromatic N) is 3. The average molecular weight is 553 g/mol. The minimum Gasteiger partial charge on any atom is -0.349 e. The zero-order chi connectivity index (χ0) is 26.4. The number of aromatic nitrogens is 3. The van der Waals surface area contributed by atoms with Gasteiger partial charge < -0.3 is 5.32 Å². The topological polar surface area (TPSA) is 86.0 Å². The summed E-state index contributed by atoms with van der Waals surface area (Å²) in [6.07, 6.45) is 5.18. The minimum absolute atomic E-state index is 0.0291. The number of fused-ring (bicyclic) bond motifs is 2. The van der Waals surface area contributed by atoms with Gasteiger partial charge in [-0.3, -0.25) is 18.7 Å². The van der Waals surface area contributed by atoms with Crippen LogP contribution in [0.25, 0.3) is 21.1 Å². The Kier molecular flexibility index (Phi) is 6.86. The highest BCUT2D eigenvalue weighted by Crippen LogP contribution is 2.31. The van der Waals surface area contributed by atoms with Gasteiger partial charge in [-0.1, -0.05) is 17.7 Å². The number of nitrogens with one attached hydrogen (secondary N) is 1. The molecule has 0 bridgehead atoms. The summed E-state index contributed by atoms with van der Waals surface area (Å²) in [7, 11) is 0. The fraction of sp³-hybridized carbons (Fsp3) is 0.429. The molecule has 1 saturated carbocycles. The molecule has 0 unspecified atom stereocenters. The molecule has 38 heavy (non-hydrogen) atoms. The van der Waals surface area contributed by atoms with E-state index in [0.717, 1.165) is 46.2 Å². The molecule has 1 N–H and O–H groups in total. The van der Waals surface area contributed by atoms with Gasteiger partial charge in [0.05, 0.1) is 16.5 Å². The fourth-order valence-electron chi connectivity index (χ4n) is 5.81. The molecule has 0 spiro atoms. The van der Waals surface area contributed by atoms with Crippen molar-refractivity contribution in [2.75, 3.05) is 11.5 Å². The van der Waals surface area contributed by atoms with Gasteiger partial charge in [-0.25, -0.2) is 14.2 Å². The number of carbonyl (C=O) groups is 1. The molecule has 0 atom stereocenters. The van der Waals surface area contributed by atoms with E-state index in [1.165, 1.54) is 22.0 Å². The molecule has 1 aromatic carbocycles. The van der Waals surface area contributed by atoms with Crippen molar-refractivity contribution in [3.63, 3.8) is 0 Å². The van der Waals surface area contributed by atoms with Crippen molar-refractivity contribution < 1.29 is 9.18 Å². The Bertz CT molecular complexity index is 1650. The first-order chi connectivity index (χ1) is 18.4. The van der Waals surface area contributed by atoms with Gasteiger partial charge in [0.2, 0.25) is 0 Å². The van der Waals surface area contributed by atoms with Gasteiger partial charge in [-0.2, -0.15) is 11.8 Å². The van der Waals surface area contributed by atoms with Crippen LogP contribution in [0.15, 0.2) is 46.1 Å². The average Bonchev–Trinajstić information content (AvgIpc) is 3.34. The standard InChI is InChI=1S/C28H29FN4O3S2/c1-16-2-7-23-17(12-16)13-24(38-23)26(34)31-19-3-5-20(6-4-19)33-27(35)22-14-18(29)15-30-25(22)32(28(33)36)21-8-10-37-11-9-21/h2,7,12-15,19-21H,3-6,8-11H2,1H3,(H,31,34)/t19-,20+. The Balaban J connectivity index is 1.24. The number of halogens is 1. The quantitative estimate of drug-likeness (QED) is 0.376. The zero-order valence-corrected chi connectivity index (χ0v) is 22.7. The smallest absolute Gasteiger partial charge is 0.333 e. The fourth-order valence-corrected chi connectivity index (χ4v) is 7.84. The summed E-state index contributed by atoms with van der Waals surface area (Å²) < 4.78 is 18.2. The van der Waals surface area contributed by atoms with Gasteiger partial charge in [0.15, 0.2) is 0 Å². The Morgan fingerprint density at radius 1 is 1.00 bits per heavy atom. The number of aryl methyl sites for hydroxylation is 1. The highest BCUT2D eigenvalue weighted by molar-refractivity contribution is 7.99. The molecular formula is C28H29FN4O3S2. The molecule has 2 aliphatic rings. The SMILES string of the molecule is Cc1ccc2sc(C(=O)N[C@H]3CC[C@@H](n4c(=O)c5cc(F)cnc5n(C5CCSCC5)c4=O)CC3)cc2c1. The maximum Gasteiger partial charge on any atom is 0.333 e. The molecule has 2 fully saturated rings. The van der Waals surface area contributed by atoms with Gasteiger partial charge in [0.1, 0.15) is 11.5 Å². The number of benzene rings is 1. The van der Waals surface area contributed by atoms with E-state index in [9.17, 15) is 18.8 Å². The lowest BCUT2D eigenvalue weighted by molar-refractivity contribution is 0.0926. The molecule has 1 saturated heterocycles. The number of carbonyl (C=O) groups excluding carboxylic acids is 1. The van der Waals surface area contributed by atoms with Crippen molar-refractivity contribution in [2.45, 2.75) is 63.6 Å². The predicted octanol–water partition coefficient (Wildman–Crippen LogP) is 5.20. The first-order valence-electron chi connectivity index (χ1n) is 13.1. The van der Waals surface area contributed by atoms with Gasteiger partial charge >= 0.3 is 5.69 Å². The van der Waals surface area contributed by atoms with Crippen molar-refractivity contribution in [3.8, 4) is 0 Å². The minimum atomic E-state index is -0.589. The highest BCUT2D eigenvalue weighted by atomic mass is 32.2. The van der Waals surface area contributed by atoms with Crippen LogP contribution < -0.4 is 16.6 Å². The third-order valence-electron chi connectivity index (χ3n) is 7.77. The number of hydrogen-bond acceptors (Lipinski definition) is 6. The number of thioether (sulfide) groups is 1. The first-order valence-corrected chi connectivity index (χ1v) is 15.1. The summed E-state index contributed by atoms with van der Waals surface area (Å²) in [5.41, 5.74) is 0.594. The van der Waals surface area contributed by atoms with Gasteiger partial charge in [0, 0.05) is 22.8 Å². The lowest BCUT2D eigenvalue weighted by Gasteiger charge is -2.31. The summed E-state index contributed by atoms with van der Waals surface area (Å²) >= 11 is 3.33. The molecule has 7 nitrogen and oxygen atoms in total. The Morgan fingerprint density at radius 2 is 1.74 bits per heavy atom. The summed E-state index contributed by atoms with van der Waals surface area (Å²) in [5.74, 6) is 1.19. The van der Waals surface area contributed by atoms with E-state index < -0.39 is 11.4 Å². The van der Waals surface area contributed by atoms with E-state index in [1.807, 2.05) is 36.9 Å². The molecule has 6 rings (SSSR count). The van der Waals surface area contributed by atoms with Crippen LogP contribution >= 0.6 is 23.1 Å². The number of amides is 1. The van der Waals surface area contributed by atoms with Crippen LogP contribution in [0, 0.1) is 12.7 Å². The van der Waals surface area contributed by atoms with E-state index in [1.54, 1.807) is 4.57 Å². The molecule has 198 valence electrons. The number of rotatable bonds is 4. The second-order valence-corrected chi connectivity index (χ2v) is 12.6. The summed E-state index contributed by atoms with van der Waals surface area (Å²) in [6, 6.07) is 8.91. The van der Waals surface area contributed by atoms with Crippen LogP contribution in [0.1, 0.15) is 65.8 Å². The van der Waals surface area contributed by atoms with Gasteiger partial charge in [0.25, 0.3) is 11.5 Å². The van der Waals surface area contributed by atoms with Crippen molar-refractivity contribution in [1.82, 2.24) is 19.4 Å². The van der Waals surface area contributed by atoms with Crippen molar-refractivity contribution in [1.29, 1.82) is 0 Å². The predicted molar refractivity (Wildman–Crippen MR) is 151 cm³/mol. The molecule has 3 aromatic heterocycles. The van der Waals surface area contributed by atoms with E-state index in [-0.39, 0.29) is 40.8 Å². The van der Waals surface area contributed by atoms with Crippen LogP contribution in [0.3, 0.4) is 0 Å². The Hall–Kier alpha value is -2.98. The zero-order valence-electron chi connectivity index (χ0n) is 21.1. The first kappa shape index (κ1) is 25.3. The second-order valence-electron chi connectivity index (χ2n) is 10.3. The summed E-state index contributed by atoms with van der Waals surface area (Å²) in [5, 5.41) is 4.37. The Morgan fingerprint density at radius 3 is 2.50 bits per heavy atom. The van der Waals surface area contributed by atoms with Gasteiger partial charge in [-0.05, 0) is 80.5 Å². The van der Waals surface area contributed by atoms with Crippen LogP contribution in [0.4, 0.5) is 4.39 Å². The van der Waals surface area contributed by atoms with E-state index in [4.69, 9.17) is 0 Å². The maximum absolute atomic E-state index is 14.1. The molecule has 4 aromatic rings. The summed E-state index contributed by atoms with van der Waals surface area (Å²) in [6.45, 7) is 2.03. The van der Waals surface area contributed by atoms with Crippen molar-refractivity contribution >= 4 is 50.1 Å². The summed E-state index contributed by atoms with van der Waals surface area (Å²) in [4.78, 5) is 45.1. The van der Waals surface area contributed by atoms with Crippen molar-refractivity contribution in [3.05, 3.63) is 73.6 Å². The number of thiophene rings is 1. The Labute approximate surface area is 227 Å². The van der Waals surface area contributed by atoms with Crippen LogP contribution in [0.5, 0.6) is 0 Å². The van der Waals surface area contributed by atoms with E-state index in [0.29, 0.717) is 30.6 Å². The molecule has 1 aliphatic heterocycles. The van der Waals surface area contributed by atoms with Gasteiger partial charge in [-0.15, -0.1) is 11.3 Å². The number of hydrogen-bond donors (Lipinski definition) is 1. The highest BCUT2D eigenvalue weighted by Gasteiger charge is 2.30. The lowest BCUT2D eigenvalue weighted by atomic mass is 9.90. The lowest BCUT2D eigenvalue weighted by Crippen LogP contribution is -2.46. The third kappa shape index (κ3) is 4.68. The maximum atomic E-state index is 14.1. The monoisotopic (exact) mass is 552 g/mol. The molecule has 0 radical (unpaired) electrons.